The lowest BCUT2D eigenvalue weighted by atomic mass is 9.99. The van der Waals surface area contributed by atoms with Gasteiger partial charge < -0.3 is 9.64 Å². The molecule has 0 radical (unpaired) electrons. The maximum atomic E-state index is 12.8. The summed E-state index contributed by atoms with van der Waals surface area (Å²) in [5, 5.41) is 7.12. The number of carbonyl (C=O) groups excluding carboxylic acids is 1. The van der Waals surface area contributed by atoms with Crippen molar-refractivity contribution in [1.29, 1.82) is 0 Å². The minimum absolute atomic E-state index is 0.0348. The molecule has 1 atom stereocenters. The molecule has 0 aliphatic carbocycles. The lowest BCUT2D eigenvalue weighted by molar-refractivity contribution is -0.142. The maximum absolute atomic E-state index is 12.8. The molecule has 0 bridgehead atoms. The van der Waals surface area contributed by atoms with Crippen molar-refractivity contribution in [1.82, 2.24) is 20.0 Å². The first-order valence-electron chi connectivity index (χ1n) is 8.24. The maximum Gasteiger partial charge on any atom is 0.237 e. The van der Waals surface area contributed by atoms with Crippen LogP contribution in [0.2, 0.25) is 0 Å². The Kier molecular flexibility index (Phi) is 4.78. The van der Waals surface area contributed by atoms with E-state index in [0.717, 1.165) is 30.3 Å². The second-order valence-corrected chi connectivity index (χ2v) is 6.60. The molecule has 2 fully saturated rings. The minimum atomic E-state index is -0.0348. The molecule has 0 aromatic carbocycles. The molecule has 6 nitrogen and oxygen atoms in total. The number of hydrogen-bond donors (Lipinski definition) is 1. The van der Waals surface area contributed by atoms with Crippen LogP contribution >= 0.6 is 0 Å². The summed E-state index contributed by atoms with van der Waals surface area (Å²) in [7, 11) is 0. The molecule has 0 unspecified atom stereocenters. The Labute approximate surface area is 131 Å². The third-order valence-electron chi connectivity index (χ3n) is 4.89. The summed E-state index contributed by atoms with van der Waals surface area (Å²) in [6, 6.07) is -0.0348. The van der Waals surface area contributed by atoms with Crippen LogP contribution in [-0.2, 0) is 9.53 Å². The summed E-state index contributed by atoms with van der Waals surface area (Å²) >= 11 is 0. The topological polar surface area (TPSA) is 61.5 Å². The first kappa shape index (κ1) is 15.5. The molecule has 0 spiro atoms. The van der Waals surface area contributed by atoms with Crippen molar-refractivity contribution < 1.29 is 9.53 Å². The molecule has 1 aromatic rings. The molecule has 3 rings (SSSR count). The number of hydrogen-bond acceptors (Lipinski definition) is 4. The molecular formula is C16H26N4O2. The fourth-order valence-electron chi connectivity index (χ4n) is 3.34. The molecule has 1 amide bonds. The Balaban J connectivity index is 1.65. The van der Waals surface area contributed by atoms with E-state index in [1.54, 1.807) is 6.20 Å². The molecule has 2 aliphatic rings. The van der Waals surface area contributed by atoms with Crippen LogP contribution in [0.5, 0.6) is 0 Å². The number of nitrogens with zero attached hydrogens (tertiary/aromatic N) is 3. The zero-order chi connectivity index (χ0) is 15.5. The zero-order valence-electron chi connectivity index (χ0n) is 13.5. The van der Waals surface area contributed by atoms with E-state index in [1.807, 2.05) is 11.8 Å². The number of rotatable bonds is 3. The third kappa shape index (κ3) is 3.33. The van der Waals surface area contributed by atoms with Crippen LogP contribution in [0.15, 0.2) is 6.20 Å². The highest BCUT2D eigenvalue weighted by atomic mass is 16.5. The van der Waals surface area contributed by atoms with Crippen molar-refractivity contribution >= 4 is 5.91 Å². The molecular weight excluding hydrogens is 280 g/mol. The van der Waals surface area contributed by atoms with Gasteiger partial charge in [0.05, 0.1) is 37.7 Å². The summed E-state index contributed by atoms with van der Waals surface area (Å²) in [6.07, 6.45) is 4.19. The van der Waals surface area contributed by atoms with Gasteiger partial charge in [0.2, 0.25) is 5.91 Å². The highest BCUT2D eigenvalue weighted by Gasteiger charge is 2.31. The Morgan fingerprint density at radius 2 is 2.18 bits per heavy atom. The lowest BCUT2D eigenvalue weighted by Gasteiger charge is -2.37. The van der Waals surface area contributed by atoms with Crippen molar-refractivity contribution in [3.05, 3.63) is 17.5 Å². The highest BCUT2D eigenvalue weighted by molar-refractivity contribution is 5.79. The SMILES string of the molecule is Cc1cn[nH]c1[C@@H]1COCCN1C(=O)CN1CCC(C)CC1. The second kappa shape index (κ2) is 6.79. The van der Waals surface area contributed by atoms with Crippen LogP contribution in [0.25, 0.3) is 0 Å². The standard InChI is InChI=1S/C16H26N4O2/c1-12-3-5-19(6-4-12)10-15(21)20-7-8-22-11-14(20)16-13(2)9-17-18-16/h9,12,14H,3-8,10-11H2,1-2H3,(H,17,18)/t14-/m0/s1. The Hall–Kier alpha value is -1.40. The van der Waals surface area contributed by atoms with Gasteiger partial charge in [-0.15, -0.1) is 0 Å². The Morgan fingerprint density at radius 1 is 1.41 bits per heavy atom. The minimum Gasteiger partial charge on any atom is -0.377 e. The summed E-state index contributed by atoms with van der Waals surface area (Å²) in [4.78, 5) is 17.0. The molecule has 2 aliphatic heterocycles. The monoisotopic (exact) mass is 306 g/mol. The first-order chi connectivity index (χ1) is 10.6. The predicted molar refractivity (Wildman–Crippen MR) is 83.4 cm³/mol. The van der Waals surface area contributed by atoms with Gasteiger partial charge in [-0.1, -0.05) is 6.92 Å². The molecule has 1 N–H and O–H groups in total. The Morgan fingerprint density at radius 3 is 2.86 bits per heavy atom. The van der Waals surface area contributed by atoms with E-state index < -0.39 is 0 Å². The normalized spacial score (nSPS) is 24.6. The van der Waals surface area contributed by atoms with Gasteiger partial charge in [-0.05, 0) is 44.3 Å². The summed E-state index contributed by atoms with van der Waals surface area (Å²) in [5.41, 5.74) is 2.08. The number of carbonyl (C=O) groups is 1. The molecule has 22 heavy (non-hydrogen) atoms. The quantitative estimate of drug-likeness (QED) is 0.916. The smallest absolute Gasteiger partial charge is 0.237 e. The predicted octanol–water partition coefficient (Wildman–Crippen LogP) is 1.35. The number of nitrogens with one attached hydrogen (secondary N) is 1. The number of H-pyrrole nitrogens is 1. The van der Waals surface area contributed by atoms with E-state index in [-0.39, 0.29) is 11.9 Å². The number of ether oxygens (including phenoxy) is 1. The van der Waals surface area contributed by atoms with E-state index in [4.69, 9.17) is 4.74 Å². The van der Waals surface area contributed by atoms with Crippen LogP contribution in [0, 0.1) is 12.8 Å². The van der Waals surface area contributed by atoms with Gasteiger partial charge in [-0.3, -0.25) is 14.8 Å². The first-order valence-corrected chi connectivity index (χ1v) is 8.24. The van der Waals surface area contributed by atoms with Gasteiger partial charge in [0.15, 0.2) is 0 Å². The fourth-order valence-corrected chi connectivity index (χ4v) is 3.34. The Bertz CT molecular complexity index is 508. The lowest BCUT2D eigenvalue weighted by Crippen LogP contribution is -2.49. The number of morpholine rings is 1. The highest BCUT2D eigenvalue weighted by Crippen LogP contribution is 2.25. The van der Waals surface area contributed by atoms with Crippen molar-refractivity contribution in [2.75, 3.05) is 39.4 Å². The van der Waals surface area contributed by atoms with E-state index in [1.165, 1.54) is 12.8 Å². The molecule has 122 valence electrons. The van der Waals surface area contributed by atoms with Crippen LogP contribution in [-0.4, -0.2) is 65.3 Å². The van der Waals surface area contributed by atoms with Gasteiger partial charge in [-0.2, -0.15) is 5.10 Å². The number of likely N-dealkylation sites (tertiary alicyclic amines) is 1. The average molecular weight is 306 g/mol. The van der Waals surface area contributed by atoms with Crippen LogP contribution in [0.1, 0.15) is 37.1 Å². The number of piperidine rings is 1. The fraction of sp³-hybridized carbons (Fsp3) is 0.750. The number of aromatic nitrogens is 2. The van der Waals surface area contributed by atoms with Gasteiger partial charge in [0.25, 0.3) is 0 Å². The summed E-state index contributed by atoms with van der Waals surface area (Å²) < 4.78 is 5.59. The largest absolute Gasteiger partial charge is 0.377 e. The van der Waals surface area contributed by atoms with Crippen LogP contribution in [0.4, 0.5) is 0 Å². The average Bonchev–Trinajstić information content (AvgIpc) is 2.95. The van der Waals surface area contributed by atoms with Crippen molar-refractivity contribution in [3.8, 4) is 0 Å². The van der Waals surface area contributed by atoms with E-state index in [2.05, 4.69) is 22.0 Å². The van der Waals surface area contributed by atoms with E-state index in [0.29, 0.717) is 26.3 Å². The van der Waals surface area contributed by atoms with Crippen molar-refractivity contribution in [2.24, 2.45) is 5.92 Å². The second-order valence-electron chi connectivity index (χ2n) is 6.60. The molecule has 0 saturated carbocycles. The van der Waals surface area contributed by atoms with Gasteiger partial charge in [-0.25, -0.2) is 0 Å². The number of amides is 1. The van der Waals surface area contributed by atoms with Crippen LogP contribution in [0.3, 0.4) is 0 Å². The van der Waals surface area contributed by atoms with Crippen molar-refractivity contribution in [2.45, 2.75) is 32.7 Å². The van der Waals surface area contributed by atoms with E-state index >= 15 is 0 Å². The molecule has 6 heteroatoms. The molecule has 1 aromatic heterocycles. The van der Waals surface area contributed by atoms with Gasteiger partial charge >= 0.3 is 0 Å². The van der Waals surface area contributed by atoms with Crippen molar-refractivity contribution in [3.63, 3.8) is 0 Å². The summed E-state index contributed by atoms with van der Waals surface area (Å²) in [6.45, 7) is 8.72. The van der Waals surface area contributed by atoms with Crippen LogP contribution < -0.4 is 0 Å². The summed E-state index contributed by atoms with van der Waals surface area (Å²) in [5.74, 6) is 0.993. The van der Waals surface area contributed by atoms with Gasteiger partial charge in [0.1, 0.15) is 0 Å². The number of aromatic amines is 1. The zero-order valence-corrected chi connectivity index (χ0v) is 13.5. The molecule has 3 heterocycles. The third-order valence-corrected chi connectivity index (χ3v) is 4.89. The van der Waals surface area contributed by atoms with E-state index in [9.17, 15) is 4.79 Å². The number of aryl methyl sites for hydroxylation is 1. The molecule has 2 saturated heterocycles. The van der Waals surface area contributed by atoms with Gasteiger partial charge in [0, 0.05) is 6.54 Å².